The molecule has 0 aliphatic rings. The molecule has 2 rings (SSSR count). The molecular weight excluding hydrogens is 374 g/mol. The molecule has 0 saturated carbocycles. The van der Waals surface area contributed by atoms with Gasteiger partial charge in [-0.05, 0) is 53.9 Å². The van der Waals surface area contributed by atoms with Crippen LogP contribution in [0.4, 0.5) is 5.95 Å². The zero-order chi connectivity index (χ0) is 17.7. The van der Waals surface area contributed by atoms with E-state index >= 15 is 0 Å². The number of ether oxygens (including phenoxy) is 2. The first-order valence-corrected chi connectivity index (χ1v) is 8.46. The van der Waals surface area contributed by atoms with Gasteiger partial charge in [-0.15, -0.1) is 0 Å². The molecule has 1 aromatic carbocycles. The average molecular weight is 394 g/mol. The lowest BCUT2D eigenvalue weighted by atomic mass is 10.1. The minimum absolute atomic E-state index is 0.0891. The van der Waals surface area contributed by atoms with Crippen molar-refractivity contribution in [1.29, 1.82) is 0 Å². The van der Waals surface area contributed by atoms with Crippen molar-refractivity contribution in [1.82, 2.24) is 9.97 Å². The van der Waals surface area contributed by atoms with Gasteiger partial charge in [-0.1, -0.05) is 13.0 Å². The lowest BCUT2D eigenvalue weighted by Crippen LogP contribution is -2.16. The molecule has 128 valence electrons. The summed E-state index contributed by atoms with van der Waals surface area (Å²) < 4.78 is 11.7. The quantitative estimate of drug-likeness (QED) is 0.756. The van der Waals surface area contributed by atoms with E-state index in [0.717, 1.165) is 10.9 Å². The third kappa shape index (κ3) is 4.23. The van der Waals surface area contributed by atoms with Crippen LogP contribution in [0.2, 0.25) is 0 Å². The fourth-order valence-electron chi connectivity index (χ4n) is 2.26. The molecule has 6 nitrogen and oxygen atoms in total. The molecule has 1 aromatic heterocycles. The first kappa shape index (κ1) is 18.2. The van der Waals surface area contributed by atoms with E-state index in [2.05, 4.69) is 32.8 Å². The number of nitrogen functional groups attached to an aromatic ring is 1. The number of anilines is 1. The van der Waals surface area contributed by atoms with Crippen molar-refractivity contribution in [3.05, 3.63) is 45.2 Å². The van der Waals surface area contributed by atoms with Crippen molar-refractivity contribution < 1.29 is 14.3 Å². The van der Waals surface area contributed by atoms with Gasteiger partial charge in [-0.2, -0.15) is 0 Å². The summed E-state index contributed by atoms with van der Waals surface area (Å²) in [6, 6.07) is 5.87. The van der Waals surface area contributed by atoms with Crippen LogP contribution < -0.4 is 10.5 Å². The van der Waals surface area contributed by atoms with Crippen LogP contribution in [-0.4, -0.2) is 22.5 Å². The summed E-state index contributed by atoms with van der Waals surface area (Å²) in [5, 5.41) is 0. The van der Waals surface area contributed by atoms with Gasteiger partial charge in [0, 0.05) is 0 Å². The van der Waals surface area contributed by atoms with Crippen molar-refractivity contribution in [2.24, 2.45) is 0 Å². The molecule has 0 spiro atoms. The highest BCUT2D eigenvalue weighted by Crippen LogP contribution is 2.27. The van der Waals surface area contributed by atoms with Gasteiger partial charge in [0.05, 0.1) is 22.5 Å². The highest BCUT2D eigenvalue weighted by molar-refractivity contribution is 9.10. The second-order valence-electron chi connectivity index (χ2n) is 5.12. The van der Waals surface area contributed by atoms with E-state index in [4.69, 9.17) is 15.2 Å². The Hall–Kier alpha value is -2.15. The van der Waals surface area contributed by atoms with E-state index in [0.29, 0.717) is 22.7 Å². The van der Waals surface area contributed by atoms with Crippen LogP contribution in [0.25, 0.3) is 0 Å². The van der Waals surface area contributed by atoms with Crippen LogP contribution in [0.15, 0.2) is 22.7 Å². The lowest BCUT2D eigenvalue weighted by molar-refractivity contribution is 0.0521. The Labute approximate surface area is 149 Å². The molecule has 1 heterocycles. The Morgan fingerprint density at radius 3 is 2.67 bits per heavy atom. The first-order chi connectivity index (χ1) is 11.5. The number of hydrogen-bond acceptors (Lipinski definition) is 6. The number of carbonyl (C=O) groups is 1. The predicted molar refractivity (Wildman–Crippen MR) is 95.0 cm³/mol. The molecule has 0 unspecified atom stereocenters. The SMILES string of the molecule is CCOC(=O)c1c(C)nc(N)nc1COc1ccc(CC)cc1Br. The maximum absolute atomic E-state index is 12.2. The van der Waals surface area contributed by atoms with Gasteiger partial charge in [0.15, 0.2) is 0 Å². The minimum atomic E-state index is -0.478. The summed E-state index contributed by atoms with van der Waals surface area (Å²) in [5.41, 5.74) is 8.08. The second-order valence-corrected chi connectivity index (χ2v) is 5.97. The Bertz CT molecular complexity index is 750. The number of halogens is 1. The number of hydrogen-bond donors (Lipinski definition) is 1. The fraction of sp³-hybridized carbons (Fsp3) is 0.353. The zero-order valence-corrected chi connectivity index (χ0v) is 15.5. The zero-order valence-electron chi connectivity index (χ0n) is 13.9. The van der Waals surface area contributed by atoms with Crippen molar-refractivity contribution in [2.45, 2.75) is 33.8 Å². The van der Waals surface area contributed by atoms with E-state index in [-0.39, 0.29) is 19.2 Å². The number of carbonyl (C=O) groups excluding carboxylic acids is 1. The molecule has 2 aromatic rings. The van der Waals surface area contributed by atoms with Crippen LogP contribution in [0.3, 0.4) is 0 Å². The number of aryl methyl sites for hydroxylation is 2. The van der Waals surface area contributed by atoms with E-state index < -0.39 is 5.97 Å². The minimum Gasteiger partial charge on any atom is -0.486 e. The van der Waals surface area contributed by atoms with Gasteiger partial charge in [0.25, 0.3) is 0 Å². The Morgan fingerprint density at radius 1 is 1.29 bits per heavy atom. The fourth-order valence-corrected chi connectivity index (χ4v) is 2.80. The average Bonchev–Trinajstić information content (AvgIpc) is 2.53. The van der Waals surface area contributed by atoms with Crippen molar-refractivity contribution in [3.8, 4) is 5.75 Å². The van der Waals surface area contributed by atoms with Crippen LogP contribution in [0, 0.1) is 6.92 Å². The molecule has 0 fully saturated rings. The van der Waals surface area contributed by atoms with Gasteiger partial charge in [0.2, 0.25) is 5.95 Å². The Kier molecular flexibility index (Phi) is 6.14. The number of esters is 1. The number of benzene rings is 1. The van der Waals surface area contributed by atoms with Crippen LogP contribution in [0.5, 0.6) is 5.75 Å². The molecular formula is C17H20BrN3O3. The molecule has 7 heteroatoms. The number of aromatic nitrogens is 2. The second kappa shape index (κ2) is 8.10. The van der Waals surface area contributed by atoms with Crippen molar-refractivity contribution >= 4 is 27.8 Å². The van der Waals surface area contributed by atoms with Crippen LogP contribution in [-0.2, 0) is 17.8 Å². The normalized spacial score (nSPS) is 10.5. The molecule has 2 N–H and O–H groups in total. The first-order valence-electron chi connectivity index (χ1n) is 7.67. The highest BCUT2D eigenvalue weighted by atomic mass is 79.9. The summed E-state index contributed by atoms with van der Waals surface area (Å²) in [5.74, 6) is 0.283. The van der Waals surface area contributed by atoms with Gasteiger partial charge < -0.3 is 15.2 Å². The third-order valence-corrected chi connectivity index (χ3v) is 4.05. The summed E-state index contributed by atoms with van der Waals surface area (Å²) in [7, 11) is 0. The molecule has 0 aliphatic carbocycles. The Morgan fingerprint density at radius 2 is 2.04 bits per heavy atom. The number of nitrogens with zero attached hydrogens (tertiary/aromatic N) is 2. The van der Waals surface area contributed by atoms with E-state index in [9.17, 15) is 4.79 Å². The van der Waals surface area contributed by atoms with Gasteiger partial charge >= 0.3 is 5.97 Å². The Balaban J connectivity index is 2.27. The van der Waals surface area contributed by atoms with E-state index in [1.165, 1.54) is 5.56 Å². The van der Waals surface area contributed by atoms with Gasteiger partial charge in [0.1, 0.15) is 17.9 Å². The maximum atomic E-state index is 12.2. The summed E-state index contributed by atoms with van der Waals surface area (Å²) in [6.45, 7) is 5.88. The third-order valence-electron chi connectivity index (χ3n) is 3.43. The molecule has 0 radical (unpaired) electrons. The molecule has 0 amide bonds. The summed E-state index contributed by atoms with van der Waals surface area (Å²) in [4.78, 5) is 20.3. The van der Waals surface area contributed by atoms with Crippen LogP contribution in [0.1, 0.15) is 41.2 Å². The molecule has 24 heavy (non-hydrogen) atoms. The largest absolute Gasteiger partial charge is 0.486 e. The van der Waals surface area contributed by atoms with E-state index in [1.807, 2.05) is 18.2 Å². The van der Waals surface area contributed by atoms with Gasteiger partial charge in [-0.3, -0.25) is 0 Å². The molecule has 0 aliphatic heterocycles. The standard InChI is InChI=1S/C17H20BrN3O3/c1-4-11-6-7-14(12(18)8-11)24-9-13-15(16(22)23-5-2)10(3)20-17(19)21-13/h6-8H,4-5,9H2,1-3H3,(H2,19,20,21). The molecule has 0 saturated heterocycles. The maximum Gasteiger partial charge on any atom is 0.341 e. The molecule has 0 atom stereocenters. The lowest BCUT2D eigenvalue weighted by Gasteiger charge is -2.13. The van der Waals surface area contributed by atoms with Crippen molar-refractivity contribution in [2.75, 3.05) is 12.3 Å². The summed E-state index contributed by atoms with van der Waals surface area (Å²) in [6.07, 6.45) is 0.938. The molecule has 0 bridgehead atoms. The highest BCUT2D eigenvalue weighted by Gasteiger charge is 2.20. The summed E-state index contributed by atoms with van der Waals surface area (Å²) >= 11 is 3.49. The van der Waals surface area contributed by atoms with Crippen molar-refractivity contribution in [3.63, 3.8) is 0 Å². The smallest absolute Gasteiger partial charge is 0.341 e. The predicted octanol–water partition coefficient (Wildman–Crippen LogP) is 3.45. The van der Waals surface area contributed by atoms with E-state index in [1.54, 1.807) is 13.8 Å². The number of rotatable bonds is 6. The monoisotopic (exact) mass is 393 g/mol. The van der Waals surface area contributed by atoms with Gasteiger partial charge in [-0.25, -0.2) is 14.8 Å². The van der Waals surface area contributed by atoms with Crippen LogP contribution >= 0.6 is 15.9 Å². The topological polar surface area (TPSA) is 87.3 Å². The number of nitrogens with two attached hydrogens (primary N) is 1.